The minimum atomic E-state index is 0.522. The lowest BCUT2D eigenvalue weighted by Gasteiger charge is -2.09. The molecule has 0 spiro atoms. The Bertz CT molecular complexity index is 523. The molecule has 0 atom stereocenters. The fraction of sp³-hybridized carbons (Fsp3) is 0.375. The second-order valence-electron chi connectivity index (χ2n) is 5.02. The molecule has 1 aromatic carbocycles. The number of hydrogen-bond donors (Lipinski definition) is 1. The van der Waals surface area contributed by atoms with E-state index in [9.17, 15) is 0 Å². The zero-order chi connectivity index (χ0) is 13.0. The number of benzene rings is 1. The lowest BCUT2D eigenvalue weighted by molar-refractivity contribution is 0.589. The molecule has 1 N–H and O–H groups in total. The van der Waals surface area contributed by atoms with Crippen molar-refractivity contribution in [1.29, 1.82) is 0 Å². The molecule has 0 saturated carbocycles. The number of fused-ring (bicyclic) bond motifs is 1. The third kappa shape index (κ3) is 3.02. The van der Waals surface area contributed by atoms with Gasteiger partial charge in [0.2, 0.25) is 0 Å². The molecular weight excluding hydrogens is 220 g/mol. The molecule has 0 aliphatic carbocycles. The summed E-state index contributed by atoms with van der Waals surface area (Å²) in [5.41, 5.74) is 2.66. The maximum atomic E-state index is 3.78. The van der Waals surface area contributed by atoms with Crippen LogP contribution in [0.5, 0.6) is 0 Å². The smallest absolute Gasteiger partial charge is 0.0483 e. The zero-order valence-electron chi connectivity index (χ0n) is 11.3. The molecule has 96 valence electrons. The van der Waals surface area contributed by atoms with Crippen molar-refractivity contribution in [2.45, 2.75) is 39.4 Å². The predicted octanol–water partition coefficient (Wildman–Crippen LogP) is 3.72. The van der Waals surface area contributed by atoms with Crippen LogP contribution >= 0.6 is 0 Å². The molecule has 0 amide bonds. The molecule has 2 nitrogen and oxygen atoms in total. The first-order chi connectivity index (χ1) is 8.70. The van der Waals surface area contributed by atoms with Crippen LogP contribution in [-0.2, 0) is 13.1 Å². The summed E-state index contributed by atoms with van der Waals surface area (Å²) in [6, 6.07) is 9.40. The molecule has 0 radical (unpaired) electrons. The molecule has 0 saturated heterocycles. The van der Waals surface area contributed by atoms with Crippen LogP contribution in [0.1, 0.15) is 25.8 Å². The standard InChI is InChI=1S/C16H22N2/c1-4-5-9-18-10-8-15-7-6-14(11-16(15)18)12-17-13(2)3/h4,6-8,10-11,13,17H,1,5,9,12H2,2-3H3. The van der Waals surface area contributed by atoms with Crippen LogP contribution in [0.15, 0.2) is 43.1 Å². The molecule has 18 heavy (non-hydrogen) atoms. The Hall–Kier alpha value is -1.54. The summed E-state index contributed by atoms with van der Waals surface area (Å²) in [7, 11) is 0. The van der Waals surface area contributed by atoms with Crippen molar-refractivity contribution in [3.05, 3.63) is 48.7 Å². The van der Waals surface area contributed by atoms with Crippen molar-refractivity contribution in [2.75, 3.05) is 0 Å². The Kier molecular flexibility index (Phi) is 4.21. The number of hydrogen-bond acceptors (Lipinski definition) is 1. The van der Waals surface area contributed by atoms with Crippen LogP contribution in [0.3, 0.4) is 0 Å². The number of aromatic nitrogens is 1. The van der Waals surface area contributed by atoms with Gasteiger partial charge in [0, 0.05) is 30.8 Å². The normalized spacial score (nSPS) is 11.3. The van der Waals surface area contributed by atoms with Gasteiger partial charge in [-0.15, -0.1) is 6.58 Å². The minimum Gasteiger partial charge on any atom is -0.347 e. The first kappa shape index (κ1) is 12.9. The Labute approximate surface area is 109 Å². The molecule has 0 bridgehead atoms. The van der Waals surface area contributed by atoms with E-state index in [1.54, 1.807) is 0 Å². The average molecular weight is 242 g/mol. The van der Waals surface area contributed by atoms with E-state index >= 15 is 0 Å². The van der Waals surface area contributed by atoms with Crippen molar-refractivity contribution in [3.8, 4) is 0 Å². The van der Waals surface area contributed by atoms with E-state index in [4.69, 9.17) is 0 Å². The van der Waals surface area contributed by atoms with Gasteiger partial charge in [0.05, 0.1) is 0 Å². The van der Waals surface area contributed by atoms with Crippen LogP contribution in [0, 0.1) is 0 Å². The summed E-state index contributed by atoms with van der Waals surface area (Å²) >= 11 is 0. The maximum absolute atomic E-state index is 3.78. The molecule has 0 aliphatic heterocycles. The van der Waals surface area contributed by atoms with Gasteiger partial charge in [0.1, 0.15) is 0 Å². The Balaban J connectivity index is 2.21. The van der Waals surface area contributed by atoms with Crippen molar-refractivity contribution in [2.24, 2.45) is 0 Å². The largest absolute Gasteiger partial charge is 0.347 e. The van der Waals surface area contributed by atoms with E-state index < -0.39 is 0 Å². The highest BCUT2D eigenvalue weighted by Gasteiger charge is 2.02. The summed E-state index contributed by atoms with van der Waals surface area (Å²) < 4.78 is 2.30. The first-order valence-corrected chi connectivity index (χ1v) is 6.63. The average Bonchev–Trinajstić information content (AvgIpc) is 2.76. The first-order valence-electron chi connectivity index (χ1n) is 6.63. The van der Waals surface area contributed by atoms with Crippen LogP contribution in [0.2, 0.25) is 0 Å². The van der Waals surface area contributed by atoms with E-state index in [0.29, 0.717) is 6.04 Å². The van der Waals surface area contributed by atoms with Gasteiger partial charge in [0.25, 0.3) is 0 Å². The Morgan fingerprint density at radius 2 is 2.17 bits per heavy atom. The second kappa shape index (κ2) is 5.87. The highest BCUT2D eigenvalue weighted by Crippen LogP contribution is 2.18. The molecule has 0 fully saturated rings. The summed E-state index contributed by atoms with van der Waals surface area (Å²) in [6.45, 7) is 10.1. The summed E-state index contributed by atoms with van der Waals surface area (Å²) in [5.74, 6) is 0. The van der Waals surface area contributed by atoms with Gasteiger partial charge in [-0.1, -0.05) is 32.1 Å². The van der Waals surface area contributed by atoms with Gasteiger partial charge in [0.15, 0.2) is 0 Å². The van der Waals surface area contributed by atoms with E-state index in [1.165, 1.54) is 16.5 Å². The fourth-order valence-corrected chi connectivity index (χ4v) is 2.09. The quantitative estimate of drug-likeness (QED) is 0.764. The van der Waals surface area contributed by atoms with Gasteiger partial charge in [-0.3, -0.25) is 0 Å². The molecule has 1 aromatic heterocycles. The number of allylic oxidation sites excluding steroid dienone is 1. The molecule has 2 rings (SSSR count). The van der Waals surface area contributed by atoms with E-state index in [-0.39, 0.29) is 0 Å². The molecule has 0 aliphatic rings. The van der Waals surface area contributed by atoms with Gasteiger partial charge in [-0.25, -0.2) is 0 Å². The summed E-state index contributed by atoms with van der Waals surface area (Å²) in [4.78, 5) is 0. The van der Waals surface area contributed by atoms with Crippen molar-refractivity contribution >= 4 is 10.9 Å². The lowest BCUT2D eigenvalue weighted by atomic mass is 10.1. The monoisotopic (exact) mass is 242 g/mol. The van der Waals surface area contributed by atoms with E-state index in [1.807, 2.05) is 6.08 Å². The SMILES string of the molecule is C=CCCn1ccc2ccc(CNC(C)C)cc21. The number of nitrogens with one attached hydrogen (secondary N) is 1. The van der Waals surface area contributed by atoms with E-state index in [0.717, 1.165) is 19.5 Å². The summed E-state index contributed by atoms with van der Waals surface area (Å²) in [5, 5.41) is 4.77. The van der Waals surface area contributed by atoms with Gasteiger partial charge >= 0.3 is 0 Å². The third-order valence-corrected chi connectivity index (χ3v) is 3.13. The minimum absolute atomic E-state index is 0.522. The Morgan fingerprint density at radius 1 is 1.33 bits per heavy atom. The molecule has 1 heterocycles. The third-order valence-electron chi connectivity index (χ3n) is 3.13. The van der Waals surface area contributed by atoms with Gasteiger partial charge < -0.3 is 9.88 Å². The number of rotatable bonds is 6. The highest BCUT2D eigenvalue weighted by molar-refractivity contribution is 5.80. The van der Waals surface area contributed by atoms with Crippen LogP contribution in [0.25, 0.3) is 10.9 Å². The molecule has 2 heteroatoms. The van der Waals surface area contributed by atoms with Crippen molar-refractivity contribution < 1.29 is 0 Å². The Morgan fingerprint density at radius 3 is 2.89 bits per heavy atom. The second-order valence-corrected chi connectivity index (χ2v) is 5.02. The van der Waals surface area contributed by atoms with E-state index in [2.05, 4.69) is 60.8 Å². The molecular formula is C16H22N2. The van der Waals surface area contributed by atoms with Crippen LogP contribution in [0.4, 0.5) is 0 Å². The summed E-state index contributed by atoms with van der Waals surface area (Å²) in [6.07, 6.45) is 5.14. The molecule has 2 aromatic rings. The van der Waals surface area contributed by atoms with Gasteiger partial charge in [-0.2, -0.15) is 0 Å². The van der Waals surface area contributed by atoms with Crippen LogP contribution < -0.4 is 5.32 Å². The topological polar surface area (TPSA) is 17.0 Å². The fourth-order valence-electron chi connectivity index (χ4n) is 2.09. The number of aryl methyl sites for hydroxylation is 1. The van der Waals surface area contributed by atoms with Crippen molar-refractivity contribution in [1.82, 2.24) is 9.88 Å². The van der Waals surface area contributed by atoms with Crippen LogP contribution in [-0.4, -0.2) is 10.6 Å². The van der Waals surface area contributed by atoms with Crippen molar-refractivity contribution in [3.63, 3.8) is 0 Å². The number of nitrogens with zero attached hydrogens (tertiary/aromatic N) is 1. The van der Waals surface area contributed by atoms with Gasteiger partial charge in [-0.05, 0) is 29.5 Å². The highest BCUT2D eigenvalue weighted by atomic mass is 14.9. The zero-order valence-corrected chi connectivity index (χ0v) is 11.3. The maximum Gasteiger partial charge on any atom is 0.0483 e. The predicted molar refractivity (Wildman–Crippen MR) is 78.7 cm³/mol. The lowest BCUT2D eigenvalue weighted by Crippen LogP contribution is -2.21. The molecule has 0 unspecified atom stereocenters.